The molecular weight excluding hydrogens is 324 g/mol. The summed E-state index contributed by atoms with van der Waals surface area (Å²) in [6, 6.07) is 6.68. The molecule has 1 aromatic rings. The van der Waals surface area contributed by atoms with Crippen molar-refractivity contribution in [1.29, 1.82) is 0 Å². The van der Waals surface area contributed by atoms with E-state index in [2.05, 4.69) is 5.32 Å². The number of halogens is 1. The van der Waals surface area contributed by atoms with Gasteiger partial charge in [0, 0.05) is 23.9 Å². The summed E-state index contributed by atoms with van der Waals surface area (Å²) >= 11 is 5.85. The van der Waals surface area contributed by atoms with Crippen LogP contribution in [0.2, 0.25) is 5.02 Å². The van der Waals surface area contributed by atoms with Gasteiger partial charge in [-0.3, -0.25) is 0 Å². The van der Waals surface area contributed by atoms with Gasteiger partial charge in [0.15, 0.2) is 0 Å². The molecule has 1 unspecified atom stereocenters. The molecule has 0 aliphatic rings. The summed E-state index contributed by atoms with van der Waals surface area (Å²) in [5.74, 6) is -0.0477. The molecule has 0 saturated heterocycles. The fourth-order valence-electron chi connectivity index (χ4n) is 1.96. The molecule has 124 valence electrons. The molecule has 1 aromatic carbocycles. The molecule has 22 heavy (non-hydrogen) atoms. The van der Waals surface area contributed by atoms with Gasteiger partial charge in [0.25, 0.3) is 0 Å². The zero-order chi connectivity index (χ0) is 16.9. The largest absolute Gasteiger partial charge is 0.331 e. The van der Waals surface area contributed by atoms with Gasteiger partial charge in [-0.05, 0) is 38.5 Å². The summed E-state index contributed by atoms with van der Waals surface area (Å²) in [4.78, 5) is 13.9. The van der Waals surface area contributed by atoms with Crippen molar-refractivity contribution in [1.82, 2.24) is 10.2 Å². The Morgan fingerprint density at radius 1 is 1.23 bits per heavy atom. The van der Waals surface area contributed by atoms with Gasteiger partial charge in [0.05, 0.1) is 11.8 Å². The van der Waals surface area contributed by atoms with E-state index in [1.165, 1.54) is 11.2 Å². The van der Waals surface area contributed by atoms with Crippen LogP contribution in [0.4, 0.5) is 4.79 Å². The molecule has 0 fully saturated rings. The second kappa shape index (κ2) is 7.83. The Labute approximate surface area is 137 Å². The minimum Gasteiger partial charge on any atom is -0.331 e. The number of urea groups is 1. The number of nitrogens with one attached hydrogen (secondary N) is 1. The maximum Gasteiger partial charge on any atom is 0.318 e. The van der Waals surface area contributed by atoms with Gasteiger partial charge in [-0.15, -0.1) is 0 Å². The molecule has 0 aliphatic heterocycles. The molecule has 1 N–H and O–H groups in total. The molecule has 5 nitrogen and oxygen atoms in total. The number of carbonyl (C=O) groups excluding carboxylic acids is 1. The van der Waals surface area contributed by atoms with Gasteiger partial charge < -0.3 is 10.2 Å². The van der Waals surface area contributed by atoms with Gasteiger partial charge in [-0.25, -0.2) is 13.2 Å². The number of nitrogens with zero attached hydrogens (tertiary/aromatic N) is 1. The Kier molecular flexibility index (Phi) is 6.68. The highest BCUT2D eigenvalue weighted by molar-refractivity contribution is 7.90. The van der Waals surface area contributed by atoms with Crippen molar-refractivity contribution in [3.05, 3.63) is 34.9 Å². The Balaban J connectivity index is 2.72. The molecule has 7 heteroatoms. The predicted molar refractivity (Wildman–Crippen MR) is 90.0 cm³/mol. The molecule has 1 atom stereocenters. The summed E-state index contributed by atoms with van der Waals surface area (Å²) in [7, 11) is -3.11. The maximum atomic E-state index is 12.3. The molecule has 2 amide bonds. The lowest BCUT2D eigenvalue weighted by Crippen LogP contribution is -2.46. The average molecular weight is 347 g/mol. The molecule has 0 radical (unpaired) electrons. The second-order valence-electron chi connectivity index (χ2n) is 5.64. The van der Waals surface area contributed by atoms with Crippen LogP contribution in [-0.2, 0) is 9.84 Å². The van der Waals surface area contributed by atoms with Gasteiger partial charge >= 0.3 is 6.03 Å². The maximum absolute atomic E-state index is 12.3. The van der Waals surface area contributed by atoms with Crippen LogP contribution in [0.3, 0.4) is 0 Å². The first-order valence-electron chi connectivity index (χ1n) is 7.10. The smallest absolute Gasteiger partial charge is 0.318 e. The molecule has 0 aromatic heterocycles. The lowest BCUT2D eigenvalue weighted by molar-refractivity contribution is 0.184. The van der Waals surface area contributed by atoms with Crippen molar-refractivity contribution in [3.8, 4) is 0 Å². The quantitative estimate of drug-likeness (QED) is 0.861. The second-order valence-corrected chi connectivity index (χ2v) is 8.34. The number of benzene rings is 1. The molecule has 0 aliphatic carbocycles. The van der Waals surface area contributed by atoms with E-state index in [1.807, 2.05) is 32.9 Å². The topological polar surface area (TPSA) is 66.5 Å². The minimum absolute atomic E-state index is 0.0477. The van der Waals surface area contributed by atoms with Gasteiger partial charge in [0.2, 0.25) is 0 Å². The highest BCUT2D eigenvalue weighted by atomic mass is 35.5. The van der Waals surface area contributed by atoms with Crippen molar-refractivity contribution in [2.45, 2.75) is 32.9 Å². The molecule has 0 bridgehead atoms. The third-order valence-corrected chi connectivity index (χ3v) is 4.47. The molecule has 0 saturated carbocycles. The first kappa shape index (κ1) is 18.8. The predicted octanol–water partition coefficient (Wildman–Crippen LogP) is 2.87. The lowest BCUT2D eigenvalue weighted by Gasteiger charge is -2.28. The zero-order valence-electron chi connectivity index (χ0n) is 13.3. The summed E-state index contributed by atoms with van der Waals surface area (Å²) in [6.45, 7) is 5.76. The number of hydrogen-bond donors (Lipinski definition) is 1. The molecule has 1 rings (SSSR count). The average Bonchev–Trinajstić information content (AvgIpc) is 2.37. The Morgan fingerprint density at radius 3 is 2.23 bits per heavy atom. The number of carbonyl (C=O) groups is 1. The highest BCUT2D eigenvalue weighted by Crippen LogP contribution is 2.16. The summed E-state index contributed by atoms with van der Waals surface area (Å²) in [5.41, 5.74) is 0.935. The first-order chi connectivity index (χ1) is 10.1. The van der Waals surface area contributed by atoms with Gasteiger partial charge in [-0.1, -0.05) is 23.7 Å². The van der Waals surface area contributed by atoms with Crippen LogP contribution < -0.4 is 5.32 Å². The van der Waals surface area contributed by atoms with Gasteiger partial charge in [0.1, 0.15) is 9.84 Å². The summed E-state index contributed by atoms with van der Waals surface area (Å²) in [5, 5.41) is 3.52. The Bertz CT molecular complexity index is 600. The Morgan fingerprint density at radius 2 is 1.77 bits per heavy atom. The molecule has 0 spiro atoms. The van der Waals surface area contributed by atoms with Gasteiger partial charge in [-0.2, -0.15) is 0 Å². The Hall–Kier alpha value is -1.27. The van der Waals surface area contributed by atoms with Crippen LogP contribution in [0.1, 0.15) is 32.4 Å². The number of rotatable bonds is 6. The van der Waals surface area contributed by atoms with Crippen molar-refractivity contribution in [2.75, 3.05) is 18.6 Å². The van der Waals surface area contributed by atoms with Crippen molar-refractivity contribution < 1.29 is 13.2 Å². The minimum atomic E-state index is -3.11. The van der Waals surface area contributed by atoms with E-state index in [-0.39, 0.29) is 30.4 Å². The van der Waals surface area contributed by atoms with Crippen LogP contribution >= 0.6 is 11.6 Å². The van der Waals surface area contributed by atoms with E-state index >= 15 is 0 Å². The summed E-state index contributed by atoms with van der Waals surface area (Å²) in [6.07, 6.45) is 1.17. The zero-order valence-corrected chi connectivity index (χ0v) is 14.9. The number of amides is 2. The van der Waals surface area contributed by atoms with Crippen LogP contribution in [-0.4, -0.2) is 43.9 Å². The van der Waals surface area contributed by atoms with E-state index in [4.69, 9.17) is 11.6 Å². The van der Waals surface area contributed by atoms with Crippen LogP contribution in [0.15, 0.2) is 24.3 Å². The van der Waals surface area contributed by atoms with E-state index in [0.717, 1.165) is 5.56 Å². The monoisotopic (exact) mass is 346 g/mol. The molecular formula is C15H23ClN2O3S. The third kappa shape index (κ3) is 6.23. The van der Waals surface area contributed by atoms with Crippen molar-refractivity contribution in [2.24, 2.45) is 0 Å². The van der Waals surface area contributed by atoms with Crippen molar-refractivity contribution in [3.63, 3.8) is 0 Å². The van der Waals surface area contributed by atoms with E-state index in [0.29, 0.717) is 5.02 Å². The van der Waals surface area contributed by atoms with Crippen LogP contribution in [0, 0.1) is 0 Å². The van der Waals surface area contributed by atoms with Crippen molar-refractivity contribution >= 4 is 27.5 Å². The third-order valence-electron chi connectivity index (χ3n) is 3.30. The van der Waals surface area contributed by atoms with Crippen LogP contribution in [0.25, 0.3) is 0 Å². The van der Waals surface area contributed by atoms with E-state index in [9.17, 15) is 13.2 Å². The summed E-state index contributed by atoms with van der Waals surface area (Å²) < 4.78 is 22.6. The first-order valence-corrected chi connectivity index (χ1v) is 9.54. The SMILES string of the molecule is CC(NC(=O)N(CCS(C)(=O)=O)C(C)C)c1ccc(Cl)cc1. The standard InChI is InChI=1S/C15H23ClN2O3S/c1-11(2)18(9-10-22(4,20)21)15(19)17-12(3)13-5-7-14(16)8-6-13/h5-8,11-12H,9-10H2,1-4H3,(H,17,19). The van der Waals surface area contributed by atoms with E-state index in [1.54, 1.807) is 12.1 Å². The highest BCUT2D eigenvalue weighted by Gasteiger charge is 2.20. The van der Waals surface area contributed by atoms with Crippen LogP contribution in [0.5, 0.6) is 0 Å². The number of hydrogen-bond acceptors (Lipinski definition) is 3. The fraction of sp³-hybridized carbons (Fsp3) is 0.533. The fourth-order valence-corrected chi connectivity index (χ4v) is 2.62. The number of sulfone groups is 1. The molecule has 0 heterocycles. The lowest BCUT2D eigenvalue weighted by atomic mass is 10.1. The normalized spacial score (nSPS) is 13.0. The van der Waals surface area contributed by atoms with E-state index < -0.39 is 9.84 Å².